The summed E-state index contributed by atoms with van der Waals surface area (Å²) in [6, 6.07) is 10.9. The van der Waals surface area contributed by atoms with Crippen molar-refractivity contribution >= 4 is 29.5 Å². The van der Waals surface area contributed by atoms with E-state index in [4.69, 9.17) is 16.3 Å². The van der Waals surface area contributed by atoms with Crippen LogP contribution < -0.4 is 9.46 Å². The van der Waals surface area contributed by atoms with Crippen molar-refractivity contribution in [3.05, 3.63) is 53.9 Å². The van der Waals surface area contributed by atoms with E-state index in [1.54, 1.807) is 16.9 Å². The fourth-order valence-corrected chi connectivity index (χ4v) is 2.44. The number of aryl methyl sites for hydroxylation is 1. The molecule has 0 amide bonds. The summed E-state index contributed by atoms with van der Waals surface area (Å²) < 4.78 is 10.4. The summed E-state index contributed by atoms with van der Waals surface area (Å²) >= 11 is 7.35. The van der Waals surface area contributed by atoms with E-state index < -0.39 is 0 Å². The topological polar surface area (TPSA) is 64.9 Å². The minimum atomic E-state index is 0.301. The lowest BCUT2D eigenvalue weighted by molar-refractivity contribution is 0.462. The molecular weight excluding hydrogens is 346 g/mol. The fourth-order valence-electron chi connectivity index (χ4n) is 1.66. The van der Waals surface area contributed by atoms with Crippen LogP contribution in [0, 0.1) is 0 Å². The van der Waals surface area contributed by atoms with E-state index in [-0.39, 0.29) is 0 Å². The molecule has 1 aromatic carbocycles. The van der Waals surface area contributed by atoms with E-state index in [1.165, 1.54) is 11.9 Å². The lowest BCUT2D eigenvalue weighted by atomic mass is 10.3. The first-order chi connectivity index (χ1) is 11.7. The van der Waals surface area contributed by atoms with Crippen LogP contribution in [0.25, 0.3) is 0 Å². The van der Waals surface area contributed by atoms with E-state index in [1.807, 2.05) is 57.4 Å². The number of nitrogens with zero attached hydrogens (tertiary/aromatic N) is 4. The number of anilines is 1. The number of hydrogen-bond acceptors (Lipinski definition) is 6. The Morgan fingerprint density at radius 2 is 1.92 bits per heavy atom. The number of benzene rings is 1. The SMILES string of the molecule is CC.Cn1cc(SNc2nc(Cl)cc(Oc3ccccc3)n2)cn1. The summed E-state index contributed by atoms with van der Waals surface area (Å²) in [5, 5.41) is 4.39. The van der Waals surface area contributed by atoms with Gasteiger partial charge in [0.15, 0.2) is 0 Å². The quantitative estimate of drug-likeness (QED) is 0.518. The predicted molar refractivity (Wildman–Crippen MR) is 97.6 cm³/mol. The molecule has 0 aliphatic carbocycles. The zero-order valence-electron chi connectivity index (χ0n) is 13.6. The second-order valence-corrected chi connectivity index (χ2v) is 5.59. The van der Waals surface area contributed by atoms with Crippen molar-refractivity contribution in [2.45, 2.75) is 18.7 Å². The number of para-hydroxylation sites is 1. The maximum atomic E-state index is 6.01. The lowest BCUT2D eigenvalue weighted by Gasteiger charge is -2.07. The Labute approximate surface area is 150 Å². The first-order valence-electron chi connectivity index (χ1n) is 7.38. The number of hydrogen-bond donors (Lipinski definition) is 1. The van der Waals surface area contributed by atoms with Gasteiger partial charge in [0.05, 0.1) is 11.1 Å². The van der Waals surface area contributed by atoms with Crippen LogP contribution >= 0.6 is 23.5 Å². The molecule has 0 bridgehead atoms. The molecule has 2 aromatic heterocycles. The molecule has 3 aromatic rings. The number of nitrogens with one attached hydrogen (secondary N) is 1. The Morgan fingerprint density at radius 1 is 1.17 bits per heavy atom. The molecule has 8 heteroatoms. The highest BCUT2D eigenvalue weighted by Gasteiger charge is 2.06. The van der Waals surface area contributed by atoms with E-state index in [0.717, 1.165) is 4.90 Å². The zero-order chi connectivity index (χ0) is 17.4. The monoisotopic (exact) mass is 363 g/mol. The molecular formula is C16H18ClN5OS. The third-order valence-electron chi connectivity index (χ3n) is 2.58. The molecule has 0 unspecified atom stereocenters. The van der Waals surface area contributed by atoms with Crippen LogP contribution in [0.5, 0.6) is 11.6 Å². The molecule has 2 heterocycles. The van der Waals surface area contributed by atoms with Crippen molar-refractivity contribution in [3.8, 4) is 11.6 Å². The van der Waals surface area contributed by atoms with Gasteiger partial charge in [-0.25, -0.2) is 4.98 Å². The number of aromatic nitrogens is 4. The first-order valence-corrected chi connectivity index (χ1v) is 8.57. The molecule has 0 fully saturated rings. The number of rotatable bonds is 5. The van der Waals surface area contributed by atoms with E-state index >= 15 is 0 Å². The van der Waals surface area contributed by atoms with Crippen LogP contribution in [0.15, 0.2) is 53.7 Å². The molecule has 3 rings (SSSR count). The number of halogens is 1. The standard InChI is InChI=1S/C14H12ClN5OS.C2H6/c1-20-9-11(8-16-20)22-19-14-17-12(15)7-13(18-14)21-10-5-3-2-4-6-10;1-2/h2-9H,1H3,(H,17,18,19);1-2H3. The summed E-state index contributed by atoms with van der Waals surface area (Å²) in [5.74, 6) is 1.43. The van der Waals surface area contributed by atoms with Gasteiger partial charge in [0.25, 0.3) is 0 Å². The van der Waals surface area contributed by atoms with Gasteiger partial charge in [-0.15, -0.1) is 0 Å². The van der Waals surface area contributed by atoms with Crippen molar-refractivity contribution in [2.24, 2.45) is 7.05 Å². The normalized spacial score (nSPS) is 9.83. The minimum Gasteiger partial charge on any atom is -0.439 e. The van der Waals surface area contributed by atoms with E-state index in [0.29, 0.717) is 22.7 Å². The number of ether oxygens (including phenoxy) is 1. The summed E-state index contributed by atoms with van der Waals surface area (Å²) in [5.41, 5.74) is 0. The summed E-state index contributed by atoms with van der Waals surface area (Å²) in [7, 11) is 1.85. The van der Waals surface area contributed by atoms with Gasteiger partial charge < -0.3 is 4.74 Å². The molecule has 0 saturated heterocycles. The molecule has 0 radical (unpaired) electrons. The molecule has 0 aliphatic rings. The van der Waals surface area contributed by atoms with Gasteiger partial charge >= 0.3 is 0 Å². The van der Waals surface area contributed by atoms with Crippen LogP contribution in [-0.4, -0.2) is 19.7 Å². The molecule has 0 saturated carbocycles. The molecule has 1 N–H and O–H groups in total. The van der Waals surface area contributed by atoms with E-state index in [2.05, 4.69) is 19.8 Å². The Balaban J connectivity index is 0.00000100. The Morgan fingerprint density at radius 3 is 2.58 bits per heavy atom. The third-order valence-corrected chi connectivity index (χ3v) is 3.50. The Bertz CT molecular complexity index is 766. The van der Waals surface area contributed by atoms with Gasteiger partial charge in [-0.2, -0.15) is 10.1 Å². The van der Waals surface area contributed by atoms with Crippen molar-refractivity contribution in [1.29, 1.82) is 0 Å². The molecule has 24 heavy (non-hydrogen) atoms. The van der Waals surface area contributed by atoms with Crippen molar-refractivity contribution in [1.82, 2.24) is 19.7 Å². The zero-order valence-corrected chi connectivity index (χ0v) is 15.2. The lowest BCUT2D eigenvalue weighted by Crippen LogP contribution is -1.97. The third kappa shape index (κ3) is 5.43. The summed E-state index contributed by atoms with van der Waals surface area (Å²) in [6.07, 6.45) is 3.62. The van der Waals surface area contributed by atoms with Crippen LogP contribution in [0.4, 0.5) is 5.95 Å². The van der Waals surface area contributed by atoms with Crippen LogP contribution in [0.3, 0.4) is 0 Å². The van der Waals surface area contributed by atoms with Crippen molar-refractivity contribution in [3.63, 3.8) is 0 Å². The fraction of sp³-hybridized carbons (Fsp3) is 0.188. The van der Waals surface area contributed by atoms with E-state index in [9.17, 15) is 0 Å². The second kappa shape index (κ2) is 9.14. The highest BCUT2D eigenvalue weighted by atomic mass is 35.5. The smallest absolute Gasteiger partial charge is 0.237 e. The van der Waals surface area contributed by atoms with Gasteiger partial charge in [0.2, 0.25) is 11.8 Å². The minimum absolute atomic E-state index is 0.301. The van der Waals surface area contributed by atoms with Gasteiger partial charge in [-0.1, -0.05) is 43.6 Å². The Kier molecular flexibility index (Phi) is 6.89. The largest absolute Gasteiger partial charge is 0.439 e. The average Bonchev–Trinajstić information content (AvgIpc) is 3.01. The summed E-state index contributed by atoms with van der Waals surface area (Å²) in [6.45, 7) is 4.00. The first kappa shape index (κ1) is 18.1. The Hall–Kier alpha value is -2.25. The second-order valence-electron chi connectivity index (χ2n) is 4.32. The molecule has 0 spiro atoms. The van der Waals surface area contributed by atoms with Gasteiger partial charge in [-0.05, 0) is 24.1 Å². The van der Waals surface area contributed by atoms with Crippen molar-refractivity contribution < 1.29 is 4.74 Å². The van der Waals surface area contributed by atoms with Crippen molar-refractivity contribution in [2.75, 3.05) is 4.72 Å². The predicted octanol–water partition coefficient (Wildman–Crippen LogP) is 4.80. The molecule has 6 nitrogen and oxygen atoms in total. The van der Waals surface area contributed by atoms with Gasteiger partial charge in [0.1, 0.15) is 10.9 Å². The van der Waals surface area contributed by atoms with Crippen LogP contribution in [0.2, 0.25) is 5.15 Å². The van der Waals surface area contributed by atoms with Gasteiger partial charge in [0, 0.05) is 19.3 Å². The maximum Gasteiger partial charge on any atom is 0.237 e. The molecule has 0 aliphatic heterocycles. The molecule has 0 atom stereocenters. The maximum absolute atomic E-state index is 6.01. The average molecular weight is 364 g/mol. The highest BCUT2D eigenvalue weighted by molar-refractivity contribution is 8.00. The van der Waals surface area contributed by atoms with Crippen LogP contribution in [0.1, 0.15) is 13.8 Å². The van der Waals surface area contributed by atoms with Gasteiger partial charge in [-0.3, -0.25) is 9.40 Å². The van der Waals surface area contributed by atoms with Crippen LogP contribution in [-0.2, 0) is 7.05 Å². The molecule has 126 valence electrons. The highest BCUT2D eigenvalue weighted by Crippen LogP contribution is 2.25. The summed E-state index contributed by atoms with van der Waals surface area (Å²) in [4.78, 5) is 9.33.